The highest BCUT2D eigenvalue weighted by molar-refractivity contribution is 9.12. The lowest BCUT2D eigenvalue weighted by molar-refractivity contribution is 0.0720. The van der Waals surface area contributed by atoms with Gasteiger partial charge < -0.3 is 0 Å². The van der Waals surface area contributed by atoms with Crippen LogP contribution in [0, 0.1) is 11.8 Å². The third kappa shape index (κ3) is 4.41. The van der Waals surface area contributed by atoms with Crippen LogP contribution in [0.25, 0.3) is 0 Å². The summed E-state index contributed by atoms with van der Waals surface area (Å²) in [6, 6.07) is 13.7. The maximum Gasteiger partial charge on any atom is 0.166 e. The van der Waals surface area contributed by atoms with Gasteiger partial charge in [0.15, 0.2) is 11.6 Å². The van der Waals surface area contributed by atoms with Gasteiger partial charge in [0.25, 0.3) is 0 Å². The highest BCUT2D eigenvalue weighted by Gasteiger charge is 2.42. The molecule has 136 valence electrons. The average Bonchev–Trinajstić information content (AvgIpc) is 2.63. The van der Waals surface area contributed by atoms with E-state index in [0.717, 1.165) is 0 Å². The minimum Gasteiger partial charge on any atom is -0.294 e. The Morgan fingerprint density at radius 3 is 1.31 bits per heavy atom. The Bertz CT molecular complexity index is 736. The Morgan fingerprint density at radius 2 is 1.00 bits per heavy atom. The monoisotopic (exact) mass is 516 g/mol. The maximum absolute atomic E-state index is 13.1. The zero-order valence-corrected chi connectivity index (χ0v) is 18.4. The van der Waals surface area contributed by atoms with Crippen LogP contribution in [-0.4, -0.2) is 21.2 Å². The molecule has 6 heteroatoms. The van der Waals surface area contributed by atoms with Crippen molar-refractivity contribution in [3.8, 4) is 0 Å². The summed E-state index contributed by atoms with van der Waals surface area (Å²) in [7, 11) is 0. The third-order valence-electron chi connectivity index (χ3n) is 4.77. The number of benzene rings is 2. The largest absolute Gasteiger partial charge is 0.294 e. The molecule has 26 heavy (non-hydrogen) atoms. The summed E-state index contributed by atoms with van der Waals surface area (Å²) in [4.78, 5) is 26.5. The lowest BCUT2D eigenvalue weighted by Crippen LogP contribution is -2.40. The molecule has 4 unspecified atom stereocenters. The van der Waals surface area contributed by atoms with Crippen LogP contribution < -0.4 is 0 Å². The molecule has 1 aliphatic rings. The molecule has 0 heterocycles. The molecule has 1 aliphatic carbocycles. The summed E-state index contributed by atoms with van der Waals surface area (Å²) in [5.74, 6) is -0.786. The fourth-order valence-corrected chi connectivity index (χ4v) is 4.83. The fraction of sp³-hybridized carbons (Fsp3) is 0.300. The van der Waals surface area contributed by atoms with Gasteiger partial charge >= 0.3 is 0 Å². The van der Waals surface area contributed by atoms with Crippen molar-refractivity contribution >= 4 is 66.6 Å². The van der Waals surface area contributed by atoms with Crippen LogP contribution in [0.15, 0.2) is 48.5 Å². The molecular formula is C20H16Br2Cl2O2. The predicted molar refractivity (Wildman–Crippen MR) is 113 cm³/mol. The summed E-state index contributed by atoms with van der Waals surface area (Å²) >= 11 is 19.1. The number of Topliss-reactive ketones (excluding diaryl/α,β-unsaturated/α-hetero) is 2. The Kier molecular flexibility index (Phi) is 6.60. The van der Waals surface area contributed by atoms with Crippen LogP contribution in [0.1, 0.15) is 33.6 Å². The molecule has 0 saturated heterocycles. The Morgan fingerprint density at radius 1 is 0.692 bits per heavy atom. The summed E-state index contributed by atoms with van der Waals surface area (Å²) in [5.41, 5.74) is 1.17. The standard InChI is InChI=1S/C20H16Br2Cl2O2/c21-17-9-15(19(25)11-1-5-13(23)6-2-11)16(10-18(17)22)20(26)12-3-7-14(24)8-4-12/h1-8,15-18H,9-10H2. The van der Waals surface area contributed by atoms with E-state index in [-0.39, 0.29) is 33.1 Å². The minimum absolute atomic E-state index is 0.0159. The maximum atomic E-state index is 13.1. The SMILES string of the molecule is O=C(c1ccc(Cl)cc1)C1CC(Br)C(Br)CC1C(=O)c1ccc(Cl)cc1. The van der Waals surface area contributed by atoms with Crippen molar-refractivity contribution in [3.63, 3.8) is 0 Å². The second-order valence-corrected chi connectivity index (χ2v) is 9.68. The van der Waals surface area contributed by atoms with Crippen molar-refractivity contribution in [3.05, 3.63) is 69.7 Å². The molecule has 2 nitrogen and oxygen atoms in total. The van der Waals surface area contributed by atoms with E-state index in [1.54, 1.807) is 48.5 Å². The summed E-state index contributed by atoms with van der Waals surface area (Å²) in [6.07, 6.45) is 1.20. The van der Waals surface area contributed by atoms with Crippen molar-refractivity contribution in [2.24, 2.45) is 11.8 Å². The van der Waals surface area contributed by atoms with Gasteiger partial charge in [-0.3, -0.25) is 9.59 Å². The van der Waals surface area contributed by atoms with Crippen LogP contribution in [0.3, 0.4) is 0 Å². The van der Waals surface area contributed by atoms with Gasteiger partial charge in [0.2, 0.25) is 0 Å². The topological polar surface area (TPSA) is 34.1 Å². The van der Waals surface area contributed by atoms with E-state index in [2.05, 4.69) is 31.9 Å². The number of alkyl halides is 2. The van der Waals surface area contributed by atoms with E-state index in [4.69, 9.17) is 23.2 Å². The smallest absolute Gasteiger partial charge is 0.166 e. The molecule has 4 atom stereocenters. The van der Waals surface area contributed by atoms with Gasteiger partial charge in [-0.25, -0.2) is 0 Å². The van der Waals surface area contributed by atoms with Crippen LogP contribution >= 0.6 is 55.1 Å². The van der Waals surface area contributed by atoms with E-state index >= 15 is 0 Å². The van der Waals surface area contributed by atoms with E-state index in [1.807, 2.05) is 0 Å². The number of carbonyl (C=O) groups excluding carboxylic acids is 2. The third-order valence-corrected chi connectivity index (χ3v) is 8.00. The molecule has 2 aromatic rings. The molecule has 2 aromatic carbocycles. The summed E-state index contributed by atoms with van der Waals surface area (Å²) in [6.45, 7) is 0. The molecule has 0 spiro atoms. The van der Waals surface area contributed by atoms with Crippen molar-refractivity contribution in [2.75, 3.05) is 0 Å². The average molecular weight is 519 g/mol. The number of hydrogen-bond acceptors (Lipinski definition) is 2. The Labute approximate surface area is 179 Å². The summed E-state index contributed by atoms with van der Waals surface area (Å²) in [5, 5.41) is 1.16. The second-order valence-electron chi connectivity index (χ2n) is 6.46. The molecular weight excluding hydrogens is 503 g/mol. The highest BCUT2D eigenvalue weighted by atomic mass is 79.9. The first-order chi connectivity index (χ1) is 12.4. The quantitative estimate of drug-likeness (QED) is 0.337. The van der Waals surface area contributed by atoms with Gasteiger partial charge in [0.05, 0.1) is 0 Å². The number of halogens is 4. The fourth-order valence-electron chi connectivity index (χ4n) is 3.35. The number of hydrogen-bond donors (Lipinski definition) is 0. The van der Waals surface area contributed by atoms with E-state index in [1.165, 1.54) is 0 Å². The van der Waals surface area contributed by atoms with Crippen LogP contribution in [0.5, 0.6) is 0 Å². The zero-order chi connectivity index (χ0) is 18.8. The molecule has 0 radical (unpaired) electrons. The van der Waals surface area contributed by atoms with Gasteiger partial charge in [0.1, 0.15) is 0 Å². The minimum atomic E-state index is -0.377. The van der Waals surface area contributed by atoms with E-state index in [9.17, 15) is 9.59 Å². The normalized spacial score (nSPS) is 25.7. The van der Waals surface area contributed by atoms with E-state index < -0.39 is 0 Å². The summed E-state index contributed by atoms with van der Waals surface area (Å²) < 4.78 is 0. The number of ketones is 2. The highest BCUT2D eigenvalue weighted by Crippen LogP contribution is 2.41. The second kappa shape index (κ2) is 8.55. The van der Waals surface area contributed by atoms with Gasteiger partial charge in [-0.15, -0.1) is 0 Å². The number of rotatable bonds is 4. The molecule has 0 aliphatic heterocycles. The van der Waals surface area contributed by atoms with Gasteiger partial charge in [-0.2, -0.15) is 0 Å². The Balaban J connectivity index is 1.91. The molecule has 3 rings (SSSR count). The number of carbonyl (C=O) groups is 2. The lowest BCUT2D eigenvalue weighted by Gasteiger charge is -2.35. The molecule has 1 fully saturated rings. The zero-order valence-electron chi connectivity index (χ0n) is 13.7. The van der Waals surface area contributed by atoms with Crippen LogP contribution in [0.2, 0.25) is 10.0 Å². The predicted octanol–water partition coefficient (Wildman–Crippen LogP) is 6.61. The van der Waals surface area contributed by atoms with Crippen molar-refractivity contribution in [2.45, 2.75) is 22.5 Å². The van der Waals surface area contributed by atoms with Crippen molar-refractivity contribution in [1.29, 1.82) is 0 Å². The van der Waals surface area contributed by atoms with Gasteiger partial charge in [0, 0.05) is 42.7 Å². The first-order valence-electron chi connectivity index (χ1n) is 8.24. The van der Waals surface area contributed by atoms with Gasteiger partial charge in [-0.05, 0) is 61.4 Å². The van der Waals surface area contributed by atoms with Crippen molar-refractivity contribution in [1.82, 2.24) is 0 Å². The first-order valence-corrected chi connectivity index (χ1v) is 10.8. The molecule has 0 N–H and O–H groups in total. The Hall–Kier alpha value is -0.680. The first kappa shape index (κ1) is 20.1. The van der Waals surface area contributed by atoms with Crippen LogP contribution in [-0.2, 0) is 0 Å². The molecule has 1 saturated carbocycles. The molecule has 0 aromatic heterocycles. The molecule has 0 bridgehead atoms. The van der Waals surface area contributed by atoms with Gasteiger partial charge in [-0.1, -0.05) is 55.1 Å². The lowest BCUT2D eigenvalue weighted by atomic mass is 9.72. The van der Waals surface area contributed by atoms with Crippen LogP contribution in [0.4, 0.5) is 0 Å². The van der Waals surface area contributed by atoms with E-state index in [0.29, 0.717) is 34.0 Å². The van der Waals surface area contributed by atoms with Crippen molar-refractivity contribution < 1.29 is 9.59 Å². The molecule has 0 amide bonds.